The van der Waals surface area contributed by atoms with Crippen LogP contribution in [-0.2, 0) is 4.79 Å². The highest BCUT2D eigenvalue weighted by Gasteiger charge is 2.13. The van der Waals surface area contributed by atoms with E-state index in [0.717, 1.165) is 4.90 Å². The molecule has 0 fully saturated rings. The number of aliphatic carboxylic acids is 1. The SMILES string of the molecule is CSc1cccc(NC(=O)N[C@@H](C)C(=O)O)c1. The number of hydrogen-bond acceptors (Lipinski definition) is 3. The Morgan fingerprint density at radius 3 is 2.71 bits per heavy atom. The Hall–Kier alpha value is -1.69. The van der Waals surface area contributed by atoms with Crippen molar-refractivity contribution < 1.29 is 14.7 Å². The van der Waals surface area contributed by atoms with Crippen molar-refractivity contribution in [2.75, 3.05) is 11.6 Å². The van der Waals surface area contributed by atoms with Gasteiger partial charge in [-0.1, -0.05) is 6.07 Å². The zero-order chi connectivity index (χ0) is 12.8. The van der Waals surface area contributed by atoms with Gasteiger partial charge in [0.15, 0.2) is 0 Å². The molecule has 1 aromatic carbocycles. The van der Waals surface area contributed by atoms with Crippen molar-refractivity contribution >= 4 is 29.4 Å². The number of thioether (sulfide) groups is 1. The van der Waals surface area contributed by atoms with Gasteiger partial charge in [-0.3, -0.25) is 4.79 Å². The lowest BCUT2D eigenvalue weighted by atomic mass is 10.3. The average molecular weight is 254 g/mol. The van der Waals surface area contributed by atoms with Gasteiger partial charge < -0.3 is 15.7 Å². The second kappa shape index (κ2) is 6.15. The summed E-state index contributed by atoms with van der Waals surface area (Å²) in [7, 11) is 0. The number of rotatable bonds is 4. The van der Waals surface area contributed by atoms with Gasteiger partial charge in [0.2, 0.25) is 0 Å². The molecule has 0 bridgehead atoms. The number of amides is 2. The van der Waals surface area contributed by atoms with Gasteiger partial charge in [-0.15, -0.1) is 11.8 Å². The van der Waals surface area contributed by atoms with Crippen molar-refractivity contribution in [1.29, 1.82) is 0 Å². The summed E-state index contributed by atoms with van der Waals surface area (Å²) in [6.45, 7) is 1.40. The van der Waals surface area contributed by atoms with Gasteiger partial charge >= 0.3 is 12.0 Å². The molecular formula is C11H14N2O3S. The molecule has 0 aliphatic carbocycles. The van der Waals surface area contributed by atoms with Crippen LogP contribution in [0.1, 0.15) is 6.92 Å². The molecule has 6 heteroatoms. The molecule has 5 nitrogen and oxygen atoms in total. The molecule has 0 spiro atoms. The molecule has 1 aromatic rings. The fraction of sp³-hybridized carbons (Fsp3) is 0.273. The first kappa shape index (κ1) is 13.4. The molecule has 17 heavy (non-hydrogen) atoms. The third-order valence-corrected chi connectivity index (χ3v) is 2.77. The Kier molecular flexibility index (Phi) is 4.84. The zero-order valence-electron chi connectivity index (χ0n) is 9.56. The minimum absolute atomic E-state index is 0.529. The van der Waals surface area contributed by atoms with Gasteiger partial charge in [0.25, 0.3) is 0 Å². The fourth-order valence-corrected chi connectivity index (χ4v) is 1.59. The number of nitrogens with one attached hydrogen (secondary N) is 2. The summed E-state index contributed by atoms with van der Waals surface area (Å²) in [5.74, 6) is -1.07. The van der Waals surface area contributed by atoms with Crippen molar-refractivity contribution in [2.45, 2.75) is 17.9 Å². The van der Waals surface area contributed by atoms with E-state index in [9.17, 15) is 9.59 Å². The summed E-state index contributed by atoms with van der Waals surface area (Å²) in [4.78, 5) is 23.0. The molecule has 92 valence electrons. The van der Waals surface area contributed by atoms with Gasteiger partial charge in [0, 0.05) is 10.6 Å². The van der Waals surface area contributed by atoms with Gasteiger partial charge in [-0.25, -0.2) is 4.79 Å². The van der Waals surface area contributed by atoms with Crippen LogP contribution in [0.25, 0.3) is 0 Å². The summed E-state index contributed by atoms with van der Waals surface area (Å²) >= 11 is 1.56. The first-order chi connectivity index (χ1) is 8.02. The molecule has 0 radical (unpaired) electrons. The lowest BCUT2D eigenvalue weighted by Gasteiger charge is -2.11. The molecule has 1 atom stereocenters. The van der Waals surface area contributed by atoms with Crippen LogP contribution in [0.15, 0.2) is 29.2 Å². The maximum Gasteiger partial charge on any atom is 0.325 e. The number of hydrogen-bond donors (Lipinski definition) is 3. The molecule has 0 saturated carbocycles. The third-order valence-electron chi connectivity index (χ3n) is 2.05. The van der Waals surface area contributed by atoms with Crippen molar-refractivity contribution in [3.8, 4) is 0 Å². The summed E-state index contributed by atoms with van der Waals surface area (Å²) in [5, 5.41) is 13.5. The van der Waals surface area contributed by atoms with Crippen LogP contribution in [0.2, 0.25) is 0 Å². The highest BCUT2D eigenvalue weighted by Crippen LogP contribution is 2.18. The lowest BCUT2D eigenvalue weighted by molar-refractivity contribution is -0.138. The predicted octanol–water partition coefficient (Wildman–Crippen LogP) is 2.00. The van der Waals surface area contributed by atoms with Crippen molar-refractivity contribution in [3.63, 3.8) is 0 Å². The van der Waals surface area contributed by atoms with Gasteiger partial charge in [-0.2, -0.15) is 0 Å². The number of carboxylic acids is 1. The molecular weight excluding hydrogens is 240 g/mol. The summed E-state index contributed by atoms with van der Waals surface area (Å²) in [6.07, 6.45) is 1.94. The molecule has 0 saturated heterocycles. The van der Waals surface area contributed by atoms with Gasteiger partial charge in [-0.05, 0) is 31.4 Å². The monoisotopic (exact) mass is 254 g/mol. The highest BCUT2D eigenvalue weighted by atomic mass is 32.2. The quantitative estimate of drug-likeness (QED) is 0.718. The minimum Gasteiger partial charge on any atom is -0.480 e. The second-order valence-electron chi connectivity index (χ2n) is 3.39. The topological polar surface area (TPSA) is 78.4 Å². The number of carbonyl (C=O) groups is 2. The normalized spacial score (nSPS) is 11.6. The first-order valence-corrected chi connectivity index (χ1v) is 6.20. The van der Waals surface area contributed by atoms with E-state index in [2.05, 4.69) is 10.6 Å². The summed E-state index contributed by atoms with van der Waals surface area (Å²) < 4.78 is 0. The largest absolute Gasteiger partial charge is 0.480 e. The van der Waals surface area contributed by atoms with E-state index in [1.807, 2.05) is 24.5 Å². The Balaban J connectivity index is 2.58. The van der Waals surface area contributed by atoms with Crippen LogP contribution in [-0.4, -0.2) is 29.4 Å². The van der Waals surface area contributed by atoms with E-state index in [1.54, 1.807) is 17.8 Å². The van der Waals surface area contributed by atoms with Crippen molar-refractivity contribution in [2.24, 2.45) is 0 Å². The third kappa shape index (κ3) is 4.36. The smallest absolute Gasteiger partial charge is 0.325 e. The van der Waals surface area contributed by atoms with Crippen LogP contribution < -0.4 is 10.6 Å². The molecule has 2 amide bonds. The van der Waals surface area contributed by atoms with Gasteiger partial charge in [0.1, 0.15) is 6.04 Å². The Labute approximate surface area is 104 Å². The highest BCUT2D eigenvalue weighted by molar-refractivity contribution is 7.98. The average Bonchev–Trinajstić information content (AvgIpc) is 2.28. The maximum absolute atomic E-state index is 11.4. The zero-order valence-corrected chi connectivity index (χ0v) is 10.4. The first-order valence-electron chi connectivity index (χ1n) is 4.97. The maximum atomic E-state index is 11.4. The summed E-state index contributed by atoms with van der Waals surface area (Å²) in [5.41, 5.74) is 0.631. The number of carbonyl (C=O) groups excluding carboxylic acids is 1. The molecule has 0 aliphatic heterocycles. The van der Waals surface area contributed by atoms with Crippen LogP contribution in [0.4, 0.5) is 10.5 Å². The van der Waals surface area contributed by atoms with Crippen molar-refractivity contribution in [1.82, 2.24) is 5.32 Å². The van der Waals surface area contributed by atoms with E-state index in [4.69, 9.17) is 5.11 Å². The van der Waals surface area contributed by atoms with Crippen molar-refractivity contribution in [3.05, 3.63) is 24.3 Å². The Bertz CT molecular complexity index is 423. The second-order valence-corrected chi connectivity index (χ2v) is 4.27. The van der Waals surface area contributed by atoms with Gasteiger partial charge in [0.05, 0.1) is 0 Å². The summed E-state index contributed by atoms with van der Waals surface area (Å²) in [6, 6.07) is 5.85. The molecule has 3 N–H and O–H groups in total. The molecule has 0 aliphatic rings. The number of urea groups is 1. The van der Waals surface area contributed by atoms with Crippen LogP contribution in [0, 0.1) is 0 Å². The van der Waals surface area contributed by atoms with E-state index >= 15 is 0 Å². The molecule has 0 heterocycles. The Morgan fingerprint density at radius 2 is 2.12 bits per heavy atom. The van der Waals surface area contributed by atoms with E-state index in [-0.39, 0.29) is 0 Å². The molecule has 0 unspecified atom stereocenters. The van der Waals surface area contributed by atoms with E-state index in [1.165, 1.54) is 6.92 Å². The standard InChI is InChI=1S/C11H14N2O3S/c1-7(10(14)15)12-11(16)13-8-4-3-5-9(6-8)17-2/h3-7H,1-2H3,(H,14,15)(H2,12,13,16)/t7-/m0/s1. The van der Waals surface area contributed by atoms with Crippen LogP contribution in [0.5, 0.6) is 0 Å². The number of carboxylic acid groups (broad SMARTS) is 1. The van der Waals surface area contributed by atoms with E-state index < -0.39 is 18.0 Å². The van der Waals surface area contributed by atoms with E-state index in [0.29, 0.717) is 5.69 Å². The molecule has 1 rings (SSSR count). The predicted molar refractivity (Wildman–Crippen MR) is 67.5 cm³/mol. The van der Waals surface area contributed by atoms with Crippen LogP contribution >= 0.6 is 11.8 Å². The molecule has 0 aromatic heterocycles. The number of anilines is 1. The van der Waals surface area contributed by atoms with Crippen LogP contribution in [0.3, 0.4) is 0 Å². The fourth-order valence-electron chi connectivity index (χ4n) is 1.13. The lowest BCUT2D eigenvalue weighted by Crippen LogP contribution is -2.40. The Morgan fingerprint density at radius 1 is 1.41 bits per heavy atom. The number of benzene rings is 1. The minimum atomic E-state index is -1.07.